The van der Waals surface area contributed by atoms with Crippen molar-refractivity contribution in [3.63, 3.8) is 0 Å². The fraction of sp³-hybridized carbons (Fsp3) is 0.357. The van der Waals surface area contributed by atoms with Gasteiger partial charge in [0.1, 0.15) is 0 Å². The molecule has 0 aliphatic carbocycles. The normalized spacial score (nSPS) is 11.6. The molecule has 1 amide bonds. The third kappa shape index (κ3) is 3.86. The van der Waals surface area contributed by atoms with Crippen LogP contribution >= 0.6 is 15.9 Å². The lowest BCUT2D eigenvalue weighted by molar-refractivity contribution is -0.117. The van der Waals surface area contributed by atoms with Crippen molar-refractivity contribution in [1.29, 1.82) is 0 Å². The van der Waals surface area contributed by atoms with E-state index in [0.717, 1.165) is 12.5 Å². The quantitative estimate of drug-likeness (QED) is 0.656. The monoisotopic (exact) mass is 331 g/mol. The number of nitrogens with one attached hydrogen (secondary N) is 1. The number of hydrogen-bond donors (Lipinski definition) is 1. The van der Waals surface area contributed by atoms with Gasteiger partial charge in [-0.1, -0.05) is 6.92 Å². The SMILES string of the molecule is CCCNC(=O)/C(C)=C/c1cc(F)c(F)c(Br)c1C. The summed E-state index contributed by atoms with van der Waals surface area (Å²) in [6, 6.07) is 1.09. The zero-order valence-corrected chi connectivity index (χ0v) is 12.7. The van der Waals surface area contributed by atoms with E-state index in [1.807, 2.05) is 6.92 Å². The van der Waals surface area contributed by atoms with Crippen LogP contribution in [0.4, 0.5) is 8.78 Å². The van der Waals surface area contributed by atoms with Gasteiger partial charge >= 0.3 is 0 Å². The zero-order valence-electron chi connectivity index (χ0n) is 11.1. The van der Waals surface area contributed by atoms with E-state index in [-0.39, 0.29) is 10.4 Å². The smallest absolute Gasteiger partial charge is 0.246 e. The minimum Gasteiger partial charge on any atom is -0.352 e. The lowest BCUT2D eigenvalue weighted by atomic mass is 10.1. The molecule has 0 saturated carbocycles. The molecule has 0 heterocycles. The third-order valence-corrected chi connectivity index (χ3v) is 3.66. The van der Waals surface area contributed by atoms with Crippen LogP contribution in [-0.2, 0) is 4.79 Å². The highest BCUT2D eigenvalue weighted by molar-refractivity contribution is 9.10. The minimum absolute atomic E-state index is 0.0838. The van der Waals surface area contributed by atoms with Gasteiger partial charge in [0, 0.05) is 12.1 Å². The van der Waals surface area contributed by atoms with Gasteiger partial charge in [-0.3, -0.25) is 4.79 Å². The van der Waals surface area contributed by atoms with Crippen molar-refractivity contribution in [2.45, 2.75) is 27.2 Å². The van der Waals surface area contributed by atoms with E-state index < -0.39 is 11.6 Å². The molecule has 0 saturated heterocycles. The van der Waals surface area contributed by atoms with Crippen molar-refractivity contribution < 1.29 is 13.6 Å². The van der Waals surface area contributed by atoms with E-state index in [4.69, 9.17) is 0 Å². The molecule has 104 valence electrons. The van der Waals surface area contributed by atoms with E-state index in [2.05, 4.69) is 21.2 Å². The Morgan fingerprint density at radius 3 is 2.68 bits per heavy atom. The highest BCUT2D eigenvalue weighted by atomic mass is 79.9. The lowest BCUT2D eigenvalue weighted by Crippen LogP contribution is -2.24. The molecule has 0 aromatic heterocycles. The molecule has 0 radical (unpaired) electrons. The molecule has 0 unspecified atom stereocenters. The minimum atomic E-state index is -0.939. The number of halogens is 3. The van der Waals surface area contributed by atoms with E-state index >= 15 is 0 Å². The van der Waals surface area contributed by atoms with Crippen LogP contribution in [0.25, 0.3) is 6.08 Å². The molecule has 0 fully saturated rings. The second-order valence-electron chi connectivity index (χ2n) is 4.28. The maximum Gasteiger partial charge on any atom is 0.246 e. The number of carbonyl (C=O) groups excluding carboxylic acids is 1. The third-order valence-electron chi connectivity index (χ3n) is 2.71. The average Bonchev–Trinajstić information content (AvgIpc) is 2.39. The van der Waals surface area contributed by atoms with Gasteiger partial charge in [-0.15, -0.1) is 0 Å². The Labute approximate surface area is 120 Å². The summed E-state index contributed by atoms with van der Waals surface area (Å²) in [4.78, 5) is 11.7. The molecule has 1 rings (SSSR count). The first-order valence-electron chi connectivity index (χ1n) is 5.99. The first-order chi connectivity index (χ1) is 8.88. The van der Waals surface area contributed by atoms with Crippen molar-refractivity contribution in [1.82, 2.24) is 5.32 Å². The van der Waals surface area contributed by atoms with Crippen molar-refractivity contribution in [2.24, 2.45) is 0 Å². The zero-order chi connectivity index (χ0) is 14.6. The van der Waals surface area contributed by atoms with Gasteiger partial charge < -0.3 is 5.32 Å². The molecule has 0 bridgehead atoms. The largest absolute Gasteiger partial charge is 0.352 e. The van der Waals surface area contributed by atoms with E-state index in [9.17, 15) is 13.6 Å². The van der Waals surface area contributed by atoms with Gasteiger partial charge in [-0.05, 0) is 59.5 Å². The Morgan fingerprint density at radius 1 is 1.47 bits per heavy atom. The Balaban J connectivity index is 3.08. The molecule has 0 atom stereocenters. The predicted octanol–water partition coefficient (Wildman–Crippen LogP) is 3.97. The van der Waals surface area contributed by atoms with Crippen LogP contribution in [0.1, 0.15) is 31.4 Å². The molecular formula is C14H16BrF2NO. The standard InChI is InChI=1S/C14H16BrF2NO/c1-4-5-18-14(19)8(2)6-10-7-11(16)13(17)12(15)9(10)3/h6-7H,4-5H2,1-3H3,(H,18,19)/b8-6+. The second-order valence-corrected chi connectivity index (χ2v) is 5.08. The van der Waals surface area contributed by atoms with Crippen LogP contribution in [0.5, 0.6) is 0 Å². The van der Waals surface area contributed by atoms with Gasteiger partial charge in [0.15, 0.2) is 11.6 Å². The maximum atomic E-state index is 13.3. The summed E-state index contributed by atoms with van der Waals surface area (Å²) < 4.78 is 26.7. The Morgan fingerprint density at radius 2 is 2.11 bits per heavy atom. The molecule has 1 N–H and O–H groups in total. The first-order valence-corrected chi connectivity index (χ1v) is 6.78. The van der Waals surface area contributed by atoms with Crippen molar-refractivity contribution in [3.05, 3.63) is 38.9 Å². The fourth-order valence-corrected chi connectivity index (χ4v) is 1.95. The Hall–Kier alpha value is -1.23. The molecule has 0 aliphatic rings. The summed E-state index contributed by atoms with van der Waals surface area (Å²) >= 11 is 3.00. The molecule has 5 heteroatoms. The summed E-state index contributed by atoms with van der Waals surface area (Å²) in [7, 11) is 0. The Kier molecular flexibility index (Phi) is 5.66. The van der Waals surface area contributed by atoms with Crippen molar-refractivity contribution in [2.75, 3.05) is 6.54 Å². The molecule has 1 aromatic carbocycles. The first kappa shape index (κ1) is 15.8. The van der Waals surface area contributed by atoms with Crippen molar-refractivity contribution in [3.8, 4) is 0 Å². The molecule has 1 aromatic rings. The second kappa shape index (κ2) is 6.80. The number of benzene rings is 1. The van der Waals surface area contributed by atoms with Crippen LogP contribution in [0, 0.1) is 18.6 Å². The maximum absolute atomic E-state index is 13.3. The summed E-state index contributed by atoms with van der Waals surface area (Å²) in [6.07, 6.45) is 2.39. The van der Waals surface area contributed by atoms with Crippen LogP contribution in [0.2, 0.25) is 0 Å². The highest BCUT2D eigenvalue weighted by Gasteiger charge is 2.13. The van der Waals surface area contributed by atoms with Crippen LogP contribution in [-0.4, -0.2) is 12.5 Å². The van der Waals surface area contributed by atoms with Crippen LogP contribution in [0.15, 0.2) is 16.1 Å². The van der Waals surface area contributed by atoms with E-state index in [1.54, 1.807) is 19.9 Å². The van der Waals surface area contributed by atoms with E-state index in [0.29, 0.717) is 23.2 Å². The summed E-state index contributed by atoms with van der Waals surface area (Å²) in [5, 5.41) is 2.73. The van der Waals surface area contributed by atoms with Crippen LogP contribution < -0.4 is 5.32 Å². The van der Waals surface area contributed by atoms with Gasteiger partial charge in [-0.2, -0.15) is 0 Å². The molecule has 0 spiro atoms. The van der Waals surface area contributed by atoms with Crippen LogP contribution in [0.3, 0.4) is 0 Å². The topological polar surface area (TPSA) is 29.1 Å². The van der Waals surface area contributed by atoms with E-state index in [1.165, 1.54) is 0 Å². The van der Waals surface area contributed by atoms with Gasteiger partial charge in [0.05, 0.1) is 4.47 Å². The van der Waals surface area contributed by atoms with Crippen molar-refractivity contribution >= 4 is 27.9 Å². The fourth-order valence-electron chi connectivity index (χ4n) is 1.53. The number of hydrogen-bond acceptors (Lipinski definition) is 1. The highest BCUT2D eigenvalue weighted by Crippen LogP contribution is 2.27. The Bertz CT molecular complexity index is 527. The average molecular weight is 332 g/mol. The molecule has 0 aliphatic heterocycles. The van der Waals surface area contributed by atoms with Gasteiger partial charge in [0.25, 0.3) is 0 Å². The number of carbonyl (C=O) groups is 1. The molecule has 2 nitrogen and oxygen atoms in total. The summed E-state index contributed by atoms with van der Waals surface area (Å²) in [5.74, 6) is -2.06. The predicted molar refractivity (Wildman–Crippen MR) is 75.7 cm³/mol. The summed E-state index contributed by atoms with van der Waals surface area (Å²) in [5.41, 5.74) is 1.49. The van der Waals surface area contributed by atoms with Gasteiger partial charge in [0.2, 0.25) is 5.91 Å². The molecule has 19 heavy (non-hydrogen) atoms. The molecular weight excluding hydrogens is 316 g/mol. The number of rotatable bonds is 4. The van der Waals surface area contributed by atoms with Gasteiger partial charge in [-0.25, -0.2) is 8.78 Å². The lowest BCUT2D eigenvalue weighted by Gasteiger charge is -2.08. The summed E-state index contributed by atoms with van der Waals surface area (Å²) in [6.45, 7) is 5.84. The number of amides is 1.